The average Bonchev–Trinajstić information content (AvgIpc) is 2.74. The van der Waals surface area contributed by atoms with Crippen LogP contribution in [0.1, 0.15) is 50.4 Å². The Balaban J connectivity index is 1.82. The molecule has 2 bridgehead atoms. The Morgan fingerprint density at radius 2 is 2.10 bits per heavy atom. The summed E-state index contributed by atoms with van der Waals surface area (Å²) in [7, 11) is 0. The van der Waals surface area contributed by atoms with Gasteiger partial charge in [0.1, 0.15) is 6.10 Å². The minimum atomic E-state index is -0.243. The van der Waals surface area contributed by atoms with E-state index in [1.807, 2.05) is 12.1 Å². The third-order valence-electron chi connectivity index (χ3n) is 6.13. The zero-order valence-electron chi connectivity index (χ0n) is 12.6. The van der Waals surface area contributed by atoms with E-state index in [1.165, 1.54) is 6.42 Å². The lowest BCUT2D eigenvalue weighted by molar-refractivity contribution is -0.0243. The van der Waals surface area contributed by atoms with Gasteiger partial charge in [-0.3, -0.25) is 0 Å². The van der Waals surface area contributed by atoms with E-state index < -0.39 is 0 Å². The molecule has 2 fully saturated rings. The number of esters is 1. The maximum absolute atomic E-state index is 12.5. The summed E-state index contributed by atoms with van der Waals surface area (Å²) < 4.78 is 6.66. The molecule has 2 saturated carbocycles. The predicted octanol–water partition coefficient (Wildman–Crippen LogP) is 5.11. The number of fused-ring (bicyclic) bond motifs is 2. The van der Waals surface area contributed by atoms with Gasteiger partial charge < -0.3 is 4.74 Å². The topological polar surface area (TPSA) is 26.3 Å². The van der Waals surface area contributed by atoms with Crippen LogP contribution in [0.15, 0.2) is 27.6 Å². The summed E-state index contributed by atoms with van der Waals surface area (Å²) >= 11 is 7.73. The second kappa shape index (κ2) is 5.02. The molecule has 1 aromatic carbocycles. The van der Waals surface area contributed by atoms with Crippen molar-refractivity contribution in [1.82, 2.24) is 0 Å². The number of rotatable bonds is 2. The van der Waals surface area contributed by atoms with E-state index in [0.717, 1.165) is 22.2 Å². The van der Waals surface area contributed by atoms with Crippen molar-refractivity contribution in [2.75, 3.05) is 0 Å². The molecule has 114 valence electrons. The van der Waals surface area contributed by atoms with Crippen LogP contribution in [-0.2, 0) is 4.74 Å². The summed E-state index contributed by atoms with van der Waals surface area (Å²) in [6.07, 6.45) is 3.42. The van der Waals surface area contributed by atoms with E-state index in [2.05, 4.69) is 49.3 Å². The highest BCUT2D eigenvalue weighted by molar-refractivity contribution is 9.10. The Hall–Kier alpha value is -0.480. The largest absolute Gasteiger partial charge is 0.458 e. The highest BCUT2D eigenvalue weighted by Gasteiger charge is 2.62. The Morgan fingerprint density at radius 1 is 1.38 bits per heavy atom. The normalized spacial score (nSPS) is 33.2. The van der Waals surface area contributed by atoms with Crippen molar-refractivity contribution < 1.29 is 9.53 Å². The van der Waals surface area contributed by atoms with Crippen LogP contribution in [0.2, 0.25) is 0 Å². The molecule has 0 saturated heterocycles. The minimum Gasteiger partial charge on any atom is -0.458 e. The second-order valence-corrected chi connectivity index (χ2v) is 8.54. The van der Waals surface area contributed by atoms with Crippen LogP contribution in [-0.4, -0.2) is 12.1 Å². The number of thiol groups is 1. The Bertz CT molecular complexity index is 598. The first-order chi connectivity index (χ1) is 9.75. The average molecular weight is 369 g/mol. The molecule has 2 nitrogen and oxygen atoms in total. The van der Waals surface area contributed by atoms with E-state index in [9.17, 15) is 4.79 Å². The Morgan fingerprint density at radius 3 is 2.67 bits per heavy atom. The molecule has 0 amide bonds. The lowest BCUT2D eigenvalue weighted by Gasteiger charge is -2.38. The van der Waals surface area contributed by atoms with E-state index >= 15 is 0 Å². The summed E-state index contributed by atoms with van der Waals surface area (Å²) in [5.41, 5.74) is 0.908. The van der Waals surface area contributed by atoms with Gasteiger partial charge in [-0.15, -0.1) is 12.6 Å². The van der Waals surface area contributed by atoms with Crippen LogP contribution < -0.4 is 0 Å². The van der Waals surface area contributed by atoms with Crippen molar-refractivity contribution >= 4 is 34.5 Å². The van der Waals surface area contributed by atoms with Gasteiger partial charge in [0.15, 0.2) is 0 Å². The van der Waals surface area contributed by atoms with Gasteiger partial charge in [-0.1, -0.05) is 20.8 Å². The third-order valence-corrected chi connectivity index (χ3v) is 7.10. The van der Waals surface area contributed by atoms with E-state index in [-0.39, 0.29) is 22.9 Å². The van der Waals surface area contributed by atoms with Gasteiger partial charge in [-0.25, -0.2) is 4.79 Å². The summed E-state index contributed by atoms with van der Waals surface area (Å²) in [5.74, 6) is 0.423. The molecule has 4 heteroatoms. The van der Waals surface area contributed by atoms with Gasteiger partial charge in [0.2, 0.25) is 0 Å². The van der Waals surface area contributed by atoms with Gasteiger partial charge in [0.05, 0.1) is 5.56 Å². The molecule has 0 aliphatic heterocycles. The summed E-state index contributed by atoms with van der Waals surface area (Å²) in [6.45, 7) is 6.92. The molecule has 3 atom stereocenters. The molecule has 3 rings (SSSR count). The third kappa shape index (κ3) is 2.26. The van der Waals surface area contributed by atoms with Crippen LogP contribution in [0.3, 0.4) is 0 Å². The summed E-state index contributed by atoms with van der Waals surface area (Å²) in [6, 6.07) is 5.45. The fourth-order valence-electron chi connectivity index (χ4n) is 4.17. The van der Waals surface area contributed by atoms with Gasteiger partial charge in [-0.05, 0) is 64.7 Å². The molecular weight excluding hydrogens is 348 g/mol. The molecule has 0 spiro atoms. The smallest absolute Gasteiger partial charge is 0.339 e. The first kappa shape index (κ1) is 15.4. The molecule has 0 aromatic heterocycles. The molecule has 0 radical (unpaired) electrons. The van der Waals surface area contributed by atoms with Crippen molar-refractivity contribution in [3.05, 3.63) is 28.2 Å². The van der Waals surface area contributed by atoms with Crippen molar-refractivity contribution in [2.24, 2.45) is 16.7 Å². The number of ether oxygens (including phenoxy) is 1. The monoisotopic (exact) mass is 368 g/mol. The van der Waals surface area contributed by atoms with Crippen LogP contribution in [0.4, 0.5) is 0 Å². The predicted molar refractivity (Wildman–Crippen MR) is 89.8 cm³/mol. The number of hydrogen-bond acceptors (Lipinski definition) is 3. The van der Waals surface area contributed by atoms with Gasteiger partial charge in [0.25, 0.3) is 0 Å². The fourth-order valence-corrected chi connectivity index (χ4v) is 4.78. The number of benzene rings is 1. The van der Waals surface area contributed by atoms with Crippen LogP contribution in [0, 0.1) is 16.7 Å². The molecule has 0 N–H and O–H groups in total. The number of carbonyl (C=O) groups excluding carboxylic acids is 1. The maximum atomic E-state index is 12.5. The van der Waals surface area contributed by atoms with Crippen LogP contribution >= 0.6 is 28.6 Å². The molecule has 0 heterocycles. The molecule has 3 unspecified atom stereocenters. The quantitative estimate of drug-likeness (QED) is 0.579. The first-order valence-electron chi connectivity index (χ1n) is 7.45. The van der Waals surface area contributed by atoms with E-state index in [1.54, 1.807) is 6.07 Å². The minimum absolute atomic E-state index is 0.0224. The highest BCUT2D eigenvalue weighted by Crippen LogP contribution is 2.66. The fraction of sp³-hybridized carbons (Fsp3) is 0.588. The zero-order valence-corrected chi connectivity index (χ0v) is 15.1. The highest BCUT2D eigenvalue weighted by atomic mass is 79.9. The molecule has 21 heavy (non-hydrogen) atoms. The van der Waals surface area contributed by atoms with E-state index in [0.29, 0.717) is 11.5 Å². The van der Waals surface area contributed by atoms with Gasteiger partial charge in [0, 0.05) is 14.8 Å². The maximum Gasteiger partial charge on any atom is 0.339 e. The van der Waals surface area contributed by atoms with Gasteiger partial charge >= 0.3 is 5.97 Å². The van der Waals surface area contributed by atoms with Crippen molar-refractivity contribution in [2.45, 2.75) is 51.0 Å². The number of hydrogen-bond donors (Lipinski definition) is 1. The number of halogens is 1. The summed E-state index contributed by atoms with van der Waals surface area (Å²) in [4.78, 5) is 13.3. The zero-order chi connectivity index (χ0) is 15.4. The molecule has 2 aliphatic rings. The molecule has 2 aliphatic carbocycles. The lowest BCUT2D eigenvalue weighted by Crippen LogP contribution is -2.38. The van der Waals surface area contributed by atoms with Gasteiger partial charge in [-0.2, -0.15) is 0 Å². The summed E-state index contributed by atoms with van der Waals surface area (Å²) in [5, 5.41) is 0. The first-order valence-corrected chi connectivity index (χ1v) is 8.69. The Labute approximate surface area is 140 Å². The lowest BCUT2D eigenvalue weighted by atomic mass is 9.70. The van der Waals surface area contributed by atoms with Crippen LogP contribution in [0.5, 0.6) is 0 Å². The van der Waals surface area contributed by atoms with Crippen molar-refractivity contribution in [3.8, 4) is 0 Å². The van der Waals surface area contributed by atoms with Crippen molar-refractivity contribution in [1.29, 1.82) is 0 Å². The standard InChI is InChI=1S/C17H21BrO2S/c1-16(2)10-6-7-17(16,3)14(8-10)20-15(19)12-9-11(21)4-5-13(12)18/h4-5,9-10,14,21H,6-8H2,1-3H3. The SMILES string of the molecule is CC1(C)C2CCC1(C)C(OC(=O)c1cc(S)ccc1Br)C2. The van der Waals surface area contributed by atoms with E-state index in [4.69, 9.17) is 4.74 Å². The Kier molecular flexibility index (Phi) is 3.69. The van der Waals surface area contributed by atoms with Crippen molar-refractivity contribution in [3.63, 3.8) is 0 Å². The molecule has 1 aromatic rings. The second-order valence-electron chi connectivity index (χ2n) is 7.17. The molecular formula is C17H21BrO2S. The number of carbonyl (C=O) groups is 1. The van der Waals surface area contributed by atoms with Crippen LogP contribution in [0.25, 0.3) is 0 Å².